The summed E-state index contributed by atoms with van der Waals surface area (Å²) in [5.41, 5.74) is 3.53. The van der Waals surface area contributed by atoms with Crippen molar-refractivity contribution in [3.63, 3.8) is 0 Å². The van der Waals surface area contributed by atoms with Crippen LogP contribution in [0, 0.1) is 68.0 Å². The maximum absolute atomic E-state index is 14.1. The monoisotopic (exact) mass is 702 g/mol. The molecule has 54 heavy (non-hydrogen) atoms. The Morgan fingerprint density at radius 2 is 0.796 bits per heavy atom. The Labute approximate surface area is 304 Å². The van der Waals surface area contributed by atoms with E-state index in [1.54, 1.807) is 91.0 Å². The number of benzene rings is 6. The third-order valence-corrected chi connectivity index (χ3v) is 9.46. The van der Waals surface area contributed by atoms with Gasteiger partial charge in [0.05, 0.1) is 109 Å². The van der Waals surface area contributed by atoms with Gasteiger partial charge in [0.2, 0.25) is 0 Å². The van der Waals surface area contributed by atoms with E-state index >= 15 is 0 Å². The summed E-state index contributed by atoms with van der Waals surface area (Å²) in [7, 11) is 0. The van der Waals surface area contributed by atoms with E-state index in [1.807, 2.05) is 9.13 Å². The fourth-order valence-corrected chi connectivity index (χ4v) is 7.12. The lowest BCUT2D eigenvalue weighted by molar-refractivity contribution is -0.137. The number of halogens is 3. The molecule has 0 atom stereocenters. The number of nitriles is 6. The first-order chi connectivity index (χ1) is 26.1. The van der Waals surface area contributed by atoms with Crippen LogP contribution in [-0.4, -0.2) is 9.13 Å². The standard InChI is InChI=1S/C43H17F3N8/c44-43(45,46)31-10-28(22-51)9-29(15-31)32-17-42(54-39-7-3-26(20-49)13-35(39)36-14-27(21-50)4-8-40(36)54)41(16-30(32)23-52)53-37-5-1-24(18-47)11-33(37)34-12-25(19-48)2-6-38(34)53/h1-17H. The molecule has 0 aliphatic carbocycles. The molecule has 0 N–H and O–H groups in total. The molecule has 0 aliphatic rings. The smallest absolute Gasteiger partial charge is 0.307 e. The summed E-state index contributed by atoms with van der Waals surface area (Å²) in [6.07, 6.45) is -4.78. The van der Waals surface area contributed by atoms with Gasteiger partial charge in [-0.05, 0) is 109 Å². The van der Waals surface area contributed by atoms with Crippen molar-refractivity contribution in [3.05, 3.63) is 142 Å². The molecule has 0 bridgehead atoms. The van der Waals surface area contributed by atoms with Crippen LogP contribution in [0.4, 0.5) is 13.2 Å². The number of hydrogen-bond acceptors (Lipinski definition) is 6. The average Bonchev–Trinajstić information content (AvgIpc) is 3.70. The minimum atomic E-state index is -4.78. The van der Waals surface area contributed by atoms with E-state index < -0.39 is 11.7 Å². The van der Waals surface area contributed by atoms with E-state index in [2.05, 4.69) is 30.3 Å². The van der Waals surface area contributed by atoms with Gasteiger partial charge < -0.3 is 9.13 Å². The molecule has 0 radical (unpaired) electrons. The zero-order valence-corrected chi connectivity index (χ0v) is 27.5. The minimum absolute atomic E-state index is 0.00792. The van der Waals surface area contributed by atoms with Gasteiger partial charge in [-0.15, -0.1) is 0 Å². The average molecular weight is 703 g/mol. The fourth-order valence-electron chi connectivity index (χ4n) is 7.12. The largest absolute Gasteiger partial charge is 0.416 e. The lowest BCUT2D eigenvalue weighted by Gasteiger charge is -2.20. The van der Waals surface area contributed by atoms with Crippen molar-refractivity contribution in [2.75, 3.05) is 0 Å². The molecule has 0 amide bonds. The van der Waals surface area contributed by atoms with Gasteiger partial charge >= 0.3 is 6.18 Å². The van der Waals surface area contributed by atoms with Crippen LogP contribution in [0.1, 0.15) is 38.9 Å². The molecule has 2 aromatic heterocycles. The maximum atomic E-state index is 14.1. The number of alkyl halides is 3. The van der Waals surface area contributed by atoms with E-state index in [0.29, 0.717) is 77.2 Å². The van der Waals surface area contributed by atoms with Crippen LogP contribution < -0.4 is 0 Å². The molecule has 0 saturated heterocycles. The van der Waals surface area contributed by atoms with Gasteiger partial charge in [-0.2, -0.15) is 44.7 Å². The molecule has 8 nitrogen and oxygen atoms in total. The quantitative estimate of drug-likeness (QED) is 0.179. The van der Waals surface area contributed by atoms with Gasteiger partial charge in [0, 0.05) is 27.1 Å². The van der Waals surface area contributed by atoms with Crippen LogP contribution in [-0.2, 0) is 6.18 Å². The highest BCUT2D eigenvalue weighted by Crippen LogP contribution is 2.42. The zero-order chi connectivity index (χ0) is 37.9. The van der Waals surface area contributed by atoms with Crippen LogP contribution in [0.3, 0.4) is 0 Å². The number of nitrogens with zero attached hydrogens (tertiary/aromatic N) is 8. The Hall–Kier alpha value is -8.35. The molecule has 8 rings (SSSR count). The van der Waals surface area contributed by atoms with Crippen LogP contribution in [0.25, 0.3) is 66.1 Å². The molecule has 8 aromatic rings. The van der Waals surface area contributed by atoms with Crippen molar-refractivity contribution in [2.45, 2.75) is 6.18 Å². The highest BCUT2D eigenvalue weighted by Gasteiger charge is 2.32. The van der Waals surface area contributed by atoms with Crippen molar-refractivity contribution in [1.82, 2.24) is 9.13 Å². The van der Waals surface area contributed by atoms with Crippen molar-refractivity contribution in [3.8, 4) is 58.9 Å². The Morgan fingerprint density at radius 3 is 1.15 bits per heavy atom. The molecule has 250 valence electrons. The van der Waals surface area contributed by atoms with E-state index in [-0.39, 0.29) is 22.3 Å². The first-order valence-corrected chi connectivity index (χ1v) is 16.1. The van der Waals surface area contributed by atoms with Gasteiger partial charge in [-0.3, -0.25) is 0 Å². The highest BCUT2D eigenvalue weighted by molar-refractivity contribution is 6.12. The van der Waals surface area contributed by atoms with Crippen LogP contribution in [0.15, 0.2) is 103 Å². The second-order valence-electron chi connectivity index (χ2n) is 12.5. The van der Waals surface area contributed by atoms with Crippen molar-refractivity contribution < 1.29 is 13.2 Å². The van der Waals surface area contributed by atoms with Crippen molar-refractivity contribution >= 4 is 43.6 Å². The molecule has 6 aromatic carbocycles. The van der Waals surface area contributed by atoms with E-state index in [0.717, 1.165) is 12.1 Å². The first-order valence-electron chi connectivity index (χ1n) is 16.1. The summed E-state index contributed by atoms with van der Waals surface area (Å²) in [4.78, 5) is 0. The molecule has 0 saturated carbocycles. The summed E-state index contributed by atoms with van der Waals surface area (Å²) in [5, 5.41) is 62.0. The molecule has 0 fully saturated rings. The van der Waals surface area contributed by atoms with Gasteiger partial charge in [-0.1, -0.05) is 0 Å². The van der Waals surface area contributed by atoms with Crippen LogP contribution in [0.5, 0.6) is 0 Å². The van der Waals surface area contributed by atoms with Crippen LogP contribution in [0.2, 0.25) is 0 Å². The summed E-state index contributed by atoms with van der Waals surface area (Å²) >= 11 is 0. The molecule has 11 heteroatoms. The van der Waals surface area contributed by atoms with E-state index in [4.69, 9.17) is 0 Å². The molecule has 2 heterocycles. The first kappa shape index (κ1) is 32.8. The Balaban J connectivity index is 1.59. The second-order valence-corrected chi connectivity index (χ2v) is 12.5. The Bertz CT molecular complexity index is 3090. The predicted octanol–water partition coefficient (Wildman–Crippen LogP) is 9.80. The van der Waals surface area contributed by atoms with E-state index in [1.165, 1.54) is 6.07 Å². The number of rotatable bonds is 3. The third kappa shape index (κ3) is 5.03. The van der Waals surface area contributed by atoms with Crippen molar-refractivity contribution in [1.29, 1.82) is 31.6 Å². The van der Waals surface area contributed by atoms with Crippen molar-refractivity contribution in [2.24, 2.45) is 0 Å². The second kappa shape index (κ2) is 12.2. The van der Waals surface area contributed by atoms with Crippen LogP contribution >= 0.6 is 0 Å². The molecule has 0 spiro atoms. The zero-order valence-electron chi connectivity index (χ0n) is 27.5. The molecule has 0 unspecified atom stereocenters. The maximum Gasteiger partial charge on any atom is 0.416 e. The fraction of sp³-hybridized carbons (Fsp3) is 0.0233. The Kier molecular flexibility index (Phi) is 7.39. The lowest BCUT2D eigenvalue weighted by atomic mass is 9.95. The summed E-state index contributed by atoms with van der Waals surface area (Å²) in [5.74, 6) is 0. The number of hydrogen-bond donors (Lipinski definition) is 0. The summed E-state index contributed by atoms with van der Waals surface area (Å²) < 4.78 is 46.2. The van der Waals surface area contributed by atoms with Gasteiger partial charge in [-0.25, -0.2) is 0 Å². The van der Waals surface area contributed by atoms with E-state index in [9.17, 15) is 44.7 Å². The summed E-state index contributed by atoms with van der Waals surface area (Å²) in [6, 6.07) is 39.0. The Morgan fingerprint density at radius 1 is 0.407 bits per heavy atom. The molecule has 0 aliphatic heterocycles. The number of fused-ring (bicyclic) bond motifs is 6. The number of aromatic nitrogens is 2. The molecular formula is C43H17F3N8. The predicted molar refractivity (Wildman–Crippen MR) is 194 cm³/mol. The van der Waals surface area contributed by atoms with Gasteiger partial charge in [0.1, 0.15) is 0 Å². The van der Waals surface area contributed by atoms with Gasteiger partial charge in [0.25, 0.3) is 0 Å². The topological polar surface area (TPSA) is 153 Å². The SMILES string of the molecule is N#Cc1cc(-c2cc(-n3c4ccc(C#N)cc4c4cc(C#N)ccc43)c(-n3c4ccc(C#N)cc4c4cc(C#N)ccc43)cc2C#N)cc(C(F)(F)F)c1. The minimum Gasteiger partial charge on any atom is -0.307 e. The highest BCUT2D eigenvalue weighted by atomic mass is 19.4. The lowest BCUT2D eigenvalue weighted by Crippen LogP contribution is -2.07. The summed E-state index contributed by atoms with van der Waals surface area (Å²) in [6.45, 7) is 0. The third-order valence-electron chi connectivity index (χ3n) is 9.46. The normalized spacial score (nSPS) is 11.1. The van der Waals surface area contributed by atoms with Gasteiger partial charge in [0.15, 0.2) is 0 Å². The molecular weight excluding hydrogens is 686 g/mol.